The molecule has 2 rings (SSSR count). The van der Waals surface area contributed by atoms with Crippen LogP contribution in [0.25, 0.3) is 5.69 Å². The summed E-state index contributed by atoms with van der Waals surface area (Å²) in [4.78, 5) is 3.99. The van der Waals surface area contributed by atoms with Gasteiger partial charge in [-0.25, -0.2) is 4.98 Å². The van der Waals surface area contributed by atoms with Crippen molar-refractivity contribution in [3.63, 3.8) is 0 Å². The number of nitriles is 1. The van der Waals surface area contributed by atoms with E-state index < -0.39 is 0 Å². The first kappa shape index (κ1) is 9.47. The topological polar surface area (TPSA) is 41.6 Å². The second kappa shape index (κ2) is 4.43. The summed E-state index contributed by atoms with van der Waals surface area (Å²) >= 11 is 0. The molecule has 0 unspecified atom stereocenters. The summed E-state index contributed by atoms with van der Waals surface area (Å²) in [5, 5.41) is 8.47. The Labute approximate surface area is 88.6 Å². The average molecular weight is 197 g/mol. The van der Waals surface area contributed by atoms with Gasteiger partial charge in [0.1, 0.15) is 0 Å². The highest BCUT2D eigenvalue weighted by Gasteiger charge is 1.96. The van der Waals surface area contributed by atoms with Crippen molar-refractivity contribution < 1.29 is 0 Å². The van der Waals surface area contributed by atoms with Gasteiger partial charge >= 0.3 is 0 Å². The summed E-state index contributed by atoms with van der Waals surface area (Å²) in [5.74, 6) is 0. The highest BCUT2D eigenvalue weighted by Crippen LogP contribution is 2.10. The lowest BCUT2D eigenvalue weighted by Crippen LogP contribution is -1.90. The van der Waals surface area contributed by atoms with Crippen LogP contribution in [0.1, 0.15) is 12.0 Å². The first-order chi connectivity index (χ1) is 7.40. The van der Waals surface area contributed by atoms with Crippen molar-refractivity contribution in [3.05, 3.63) is 48.5 Å². The lowest BCUT2D eigenvalue weighted by atomic mass is 10.1. The Hall–Kier alpha value is -2.08. The zero-order chi connectivity index (χ0) is 10.5. The lowest BCUT2D eigenvalue weighted by molar-refractivity contribution is 1.00. The molecule has 0 fully saturated rings. The molecule has 0 atom stereocenters. The quantitative estimate of drug-likeness (QED) is 0.757. The van der Waals surface area contributed by atoms with Crippen LogP contribution in [0.5, 0.6) is 0 Å². The number of rotatable bonds is 3. The van der Waals surface area contributed by atoms with E-state index in [1.807, 2.05) is 35.0 Å². The smallest absolute Gasteiger partial charge is 0.0991 e. The first-order valence-corrected chi connectivity index (χ1v) is 4.84. The van der Waals surface area contributed by atoms with Crippen LogP contribution in [0.3, 0.4) is 0 Å². The molecule has 0 aliphatic rings. The minimum Gasteiger partial charge on any atom is -0.306 e. The predicted octanol–water partition coefficient (Wildman–Crippen LogP) is 2.33. The summed E-state index contributed by atoms with van der Waals surface area (Å²) in [6.45, 7) is 0. The highest BCUT2D eigenvalue weighted by molar-refractivity contribution is 5.34. The molecule has 0 aliphatic heterocycles. The van der Waals surface area contributed by atoms with E-state index in [1.165, 1.54) is 5.56 Å². The number of hydrogen-bond donors (Lipinski definition) is 0. The monoisotopic (exact) mass is 197 g/mol. The molecule has 0 amide bonds. The van der Waals surface area contributed by atoms with Gasteiger partial charge in [-0.15, -0.1) is 0 Å². The number of imidazole rings is 1. The first-order valence-electron chi connectivity index (χ1n) is 4.84. The highest BCUT2D eigenvalue weighted by atomic mass is 15.0. The standard InChI is InChI=1S/C12H11N3/c13-7-1-2-11-3-5-12(6-4-11)15-9-8-14-10-15/h3-6,8-10H,1-2H2. The molecule has 2 aromatic rings. The Morgan fingerprint density at radius 2 is 2.07 bits per heavy atom. The molecule has 3 nitrogen and oxygen atoms in total. The van der Waals surface area contributed by atoms with Crippen molar-refractivity contribution in [2.45, 2.75) is 12.8 Å². The van der Waals surface area contributed by atoms with Crippen LogP contribution in [-0.2, 0) is 6.42 Å². The average Bonchev–Trinajstić information content (AvgIpc) is 2.80. The van der Waals surface area contributed by atoms with Crippen molar-refractivity contribution >= 4 is 0 Å². The molecule has 1 aromatic carbocycles. The Balaban J connectivity index is 2.15. The number of hydrogen-bond acceptors (Lipinski definition) is 2. The number of nitrogens with zero attached hydrogens (tertiary/aromatic N) is 3. The van der Waals surface area contributed by atoms with Gasteiger partial charge in [0.2, 0.25) is 0 Å². The normalized spacial score (nSPS) is 9.80. The van der Waals surface area contributed by atoms with Crippen LogP contribution < -0.4 is 0 Å². The zero-order valence-electron chi connectivity index (χ0n) is 8.30. The van der Waals surface area contributed by atoms with Crippen LogP contribution in [0.15, 0.2) is 43.0 Å². The molecule has 0 N–H and O–H groups in total. The van der Waals surface area contributed by atoms with E-state index in [2.05, 4.69) is 11.1 Å². The van der Waals surface area contributed by atoms with Gasteiger partial charge in [-0.2, -0.15) is 5.26 Å². The maximum Gasteiger partial charge on any atom is 0.0991 e. The molecule has 0 spiro atoms. The minimum atomic E-state index is 0.574. The van der Waals surface area contributed by atoms with E-state index in [4.69, 9.17) is 5.26 Å². The predicted molar refractivity (Wildman–Crippen MR) is 57.5 cm³/mol. The van der Waals surface area contributed by atoms with Gasteiger partial charge in [-0.1, -0.05) is 12.1 Å². The third-order valence-corrected chi connectivity index (χ3v) is 2.26. The van der Waals surface area contributed by atoms with Crippen LogP contribution in [0, 0.1) is 11.3 Å². The molecule has 0 aliphatic carbocycles. The van der Waals surface area contributed by atoms with Gasteiger partial charge < -0.3 is 4.57 Å². The Kier molecular flexibility index (Phi) is 2.80. The van der Waals surface area contributed by atoms with Crippen LogP contribution in [0.2, 0.25) is 0 Å². The van der Waals surface area contributed by atoms with E-state index in [9.17, 15) is 0 Å². The minimum absolute atomic E-state index is 0.574. The van der Waals surface area contributed by atoms with Gasteiger partial charge in [-0.05, 0) is 24.1 Å². The number of benzene rings is 1. The SMILES string of the molecule is N#CCCc1ccc(-n2ccnc2)cc1. The molecule has 0 saturated carbocycles. The Morgan fingerprint density at radius 1 is 1.27 bits per heavy atom. The van der Waals surface area contributed by atoms with Gasteiger partial charge in [0, 0.05) is 24.5 Å². The van der Waals surface area contributed by atoms with Gasteiger partial charge in [0.25, 0.3) is 0 Å². The maximum absolute atomic E-state index is 8.47. The molecular formula is C12H11N3. The molecule has 74 valence electrons. The Morgan fingerprint density at radius 3 is 2.67 bits per heavy atom. The van der Waals surface area contributed by atoms with Gasteiger partial charge in [0.05, 0.1) is 12.4 Å². The molecule has 1 aromatic heterocycles. The second-order valence-corrected chi connectivity index (χ2v) is 3.29. The molecule has 0 bridgehead atoms. The van der Waals surface area contributed by atoms with Crippen molar-refractivity contribution in [2.24, 2.45) is 0 Å². The van der Waals surface area contributed by atoms with Crippen molar-refractivity contribution in [1.29, 1.82) is 5.26 Å². The van der Waals surface area contributed by atoms with Crippen molar-refractivity contribution in [3.8, 4) is 11.8 Å². The summed E-state index contributed by atoms with van der Waals surface area (Å²) in [6.07, 6.45) is 6.82. The molecule has 1 heterocycles. The fourth-order valence-electron chi connectivity index (χ4n) is 1.45. The van der Waals surface area contributed by atoms with E-state index in [0.29, 0.717) is 6.42 Å². The molecule has 3 heteroatoms. The number of aromatic nitrogens is 2. The van der Waals surface area contributed by atoms with E-state index in [1.54, 1.807) is 12.5 Å². The van der Waals surface area contributed by atoms with Crippen LogP contribution in [-0.4, -0.2) is 9.55 Å². The number of aryl methyl sites for hydroxylation is 1. The van der Waals surface area contributed by atoms with E-state index in [-0.39, 0.29) is 0 Å². The maximum atomic E-state index is 8.47. The third-order valence-electron chi connectivity index (χ3n) is 2.26. The fourth-order valence-corrected chi connectivity index (χ4v) is 1.45. The largest absolute Gasteiger partial charge is 0.306 e. The van der Waals surface area contributed by atoms with Crippen molar-refractivity contribution in [2.75, 3.05) is 0 Å². The summed E-state index contributed by atoms with van der Waals surface area (Å²) in [6, 6.07) is 10.3. The fraction of sp³-hybridized carbons (Fsp3) is 0.167. The third kappa shape index (κ3) is 2.23. The van der Waals surface area contributed by atoms with E-state index in [0.717, 1.165) is 12.1 Å². The van der Waals surface area contributed by atoms with Crippen LogP contribution >= 0.6 is 0 Å². The van der Waals surface area contributed by atoms with E-state index >= 15 is 0 Å². The summed E-state index contributed by atoms with van der Waals surface area (Å²) < 4.78 is 1.95. The summed E-state index contributed by atoms with van der Waals surface area (Å²) in [5.41, 5.74) is 2.29. The lowest BCUT2D eigenvalue weighted by Gasteiger charge is -2.02. The molecule has 15 heavy (non-hydrogen) atoms. The second-order valence-electron chi connectivity index (χ2n) is 3.29. The molecule has 0 radical (unpaired) electrons. The molecule has 0 saturated heterocycles. The molecular weight excluding hydrogens is 186 g/mol. The summed E-state index contributed by atoms with van der Waals surface area (Å²) in [7, 11) is 0. The van der Waals surface area contributed by atoms with Gasteiger partial charge in [-0.3, -0.25) is 0 Å². The van der Waals surface area contributed by atoms with Crippen molar-refractivity contribution in [1.82, 2.24) is 9.55 Å². The van der Waals surface area contributed by atoms with Crippen LogP contribution in [0.4, 0.5) is 0 Å². The zero-order valence-corrected chi connectivity index (χ0v) is 8.30. The Bertz CT molecular complexity index is 449. The van der Waals surface area contributed by atoms with Gasteiger partial charge in [0.15, 0.2) is 0 Å².